The summed E-state index contributed by atoms with van der Waals surface area (Å²) in [6, 6.07) is 16.0. The second kappa shape index (κ2) is 6.57. The van der Waals surface area contributed by atoms with E-state index in [-0.39, 0.29) is 11.8 Å². The monoisotopic (exact) mass is 334 g/mol. The number of thiazole rings is 1. The molecule has 1 N–H and O–H groups in total. The maximum absolute atomic E-state index is 12.6. The lowest BCUT2D eigenvalue weighted by molar-refractivity contribution is -0.120. The Bertz CT molecular complexity index is 880. The number of amides is 1. The van der Waals surface area contributed by atoms with Crippen LogP contribution in [0.25, 0.3) is 20.8 Å². The molecular weight excluding hydrogens is 316 g/mol. The van der Waals surface area contributed by atoms with Crippen LogP contribution in [0.3, 0.4) is 0 Å². The van der Waals surface area contributed by atoms with Gasteiger partial charge in [0.2, 0.25) is 5.91 Å². The summed E-state index contributed by atoms with van der Waals surface area (Å²) in [5.74, 6) is 0.173. The Morgan fingerprint density at radius 1 is 1.08 bits per heavy atom. The summed E-state index contributed by atoms with van der Waals surface area (Å²) in [6.45, 7) is 0. The van der Waals surface area contributed by atoms with Crippen LogP contribution in [0.15, 0.2) is 60.7 Å². The molecule has 0 radical (unpaired) electrons. The fraction of sp³-hybridized carbons (Fsp3) is 0.200. The van der Waals surface area contributed by atoms with Gasteiger partial charge in [0.1, 0.15) is 5.01 Å². The lowest BCUT2D eigenvalue weighted by atomic mass is 9.93. The minimum atomic E-state index is 0.0680. The first-order chi connectivity index (χ1) is 11.8. The predicted molar refractivity (Wildman–Crippen MR) is 100 cm³/mol. The van der Waals surface area contributed by atoms with Crippen molar-refractivity contribution in [3.05, 3.63) is 60.7 Å². The third-order valence-corrected chi connectivity index (χ3v) is 5.42. The van der Waals surface area contributed by atoms with Crippen LogP contribution in [0.2, 0.25) is 0 Å². The largest absolute Gasteiger partial charge is 0.325 e. The molecule has 0 fully saturated rings. The molecule has 0 spiro atoms. The van der Waals surface area contributed by atoms with Gasteiger partial charge in [-0.15, -0.1) is 11.3 Å². The number of nitrogens with one attached hydrogen (secondary N) is 1. The van der Waals surface area contributed by atoms with Crippen molar-refractivity contribution >= 4 is 33.1 Å². The van der Waals surface area contributed by atoms with Crippen LogP contribution in [0, 0.1) is 5.92 Å². The van der Waals surface area contributed by atoms with E-state index in [1.54, 1.807) is 11.3 Å². The van der Waals surface area contributed by atoms with Crippen LogP contribution in [0.1, 0.15) is 19.3 Å². The molecule has 0 bridgehead atoms. The zero-order valence-electron chi connectivity index (χ0n) is 13.2. The number of rotatable bonds is 3. The topological polar surface area (TPSA) is 42.0 Å². The van der Waals surface area contributed by atoms with Gasteiger partial charge < -0.3 is 5.32 Å². The van der Waals surface area contributed by atoms with Crippen molar-refractivity contribution < 1.29 is 4.79 Å². The first-order valence-electron chi connectivity index (χ1n) is 8.22. The van der Waals surface area contributed by atoms with Gasteiger partial charge in [-0.3, -0.25) is 4.79 Å². The highest BCUT2D eigenvalue weighted by Crippen LogP contribution is 2.34. The number of hydrogen-bond acceptors (Lipinski definition) is 3. The van der Waals surface area contributed by atoms with Gasteiger partial charge in [0, 0.05) is 11.5 Å². The molecule has 1 aliphatic rings. The lowest BCUT2D eigenvalue weighted by Crippen LogP contribution is -2.23. The van der Waals surface area contributed by atoms with E-state index in [1.165, 1.54) is 0 Å². The summed E-state index contributed by atoms with van der Waals surface area (Å²) in [5.41, 5.74) is 2.82. The molecule has 0 saturated heterocycles. The number of aromatic nitrogens is 1. The van der Waals surface area contributed by atoms with Crippen molar-refractivity contribution in [3.63, 3.8) is 0 Å². The maximum Gasteiger partial charge on any atom is 0.227 e. The summed E-state index contributed by atoms with van der Waals surface area (Å²) in [4.78, 5) is 17.3. The van der Waals surface area contributed by atoms with Gasteiger partial charge in [-0.1, -0.05) is 36.4 Å². The number of hydrogen-bond donors (Lipinski definition) is 1. The predicted octanol–water partition coefficient (Wildman–Crippen LogP) is 5.26. The molecule has 120 valence electrons. The van der Waals surface area contributed by atoms with Crippen LogP contribution in [0.5, 0.6) is 0 Å². The Hall–Kier alpha value is -2.46. The first-order valence-corrected chi connectivity index (χ1v) is 9.04. The van der Waals surface area contributed by atoms with E-state index < -0.39 is 0 Å². The highest BCUT2D eigenvalue weighted by Gasteiger charge is 2.20. The molecule has 4 rings (SSSR count). The fourth-order valence-electron chi connectivity index (χ4n) is 3.03. The van der Waals surface area contributed by atoms with Crippen molar-refractivity contribution in [2.75, 3.05) is 5.32 Å². The smallest absolute Gasteiger partial charge is 0.227 e. The van der Waals surface area contributed by atoms with Gasteiger partial charge in [-0.25, -0.2) is 4.98 Å². The van der Waals surface area contributed by atoms with E-state index in [2.05, 4.69) is 23.5 Å². The summed E-state index contributed by atoms with van der Waals surface area (Å²) >= 11 is 1.65. The van der Waals surface area contributed by atoms with Gasteiger partial charge in [-0.2, -0.15) is 0 Å². The third-order valence-electron chi connectivity index (χ3n) is 4.35. The van der Waals surface area contributed by atoms with Crippen molar-refractivity contribution in [3.8, 4) is 10.6 Å². The molecule has 24 heavy (non-hydrogen) atoms. The summed E-state index contributed by atoms with van der Waals surface area (Å²) in [7, 11) is 0. The van der Waals surface area contributed by atoms with Crippen LogP contribution >= 0.6 is 11.3 Å². The molecule has 1 atom stereocenters. The minimum Gasteiger partial charge on any atom is -0.325 e. The zero-order chi connectivity index (χ0) is 16.4. The van der Waals surface area contributed by atoms with E-state index in [0.29, 0.717) is 0 Å². The molecule has 1 aromatic heterocycles. The minimum absolute atomic E-state index is 0.0680. The number of carbonyl (C=O) groups excluding carboxylic acids is 1. The van der Waals surface area contributed by atoms with Gasteiger partial charge >= 0.3 is 0 Å². The standard InChI is InChI=1S/C20H18N2OS/c23-19(14-8-2-1-3-9-14)21-16-11-5-4-10-15(16)20-22-17-12-6-7-13-18(17)24-20/h1-2,4-7,10-14H,3,8-9H2,(H,21,23). The van der Waals surface area contributed by atoms with E-state index in [4.69, 9.17) is 4.98 Å². The Morgan fingerprint density at radius 2 is 1.92 bits per heavy atom. The normalized spacial score (nSPS) is 17.1. The second-order valence-electron chi connectivity index (χ2n) is 6.00. The molecule has 4 heteroatoms. The quantitative estimate of drug-likeness (QED) is 0.664. The fourth-order valence-corrected chi connectivity index (χ4v) is 4.04. The van der Waals surface area contributed by atoms with Crippen molar-refractivity contribution in [1.29, 1.82) is 0 Å². The van der Waals surface area contributed by atoms with E-state index in [1.807, 2.05) is 42.5 Å². The Morgan fingerprint density at radius 3 is 2.75 bits per heavy atom. The van der Waals surface area contributed by atoms with Gasteiger partial charge in [0.25, 0.3) is 0 Å². The number of benzene rings is 2. The third kappa shape index (κ3) is 2.97. The van der Waals surface area contributed by atoms with Crippen molar-refractivity contribution in [2.45, 2.75) is 19.3 Å². The van der Waals surface area contributed by atoms with Crippen LogP contribution in [-0.2, 0) is 4.79 Å². The number of para-hydroxylation sites is 2. The Balaban J connectivity index is 1.65. The second-order valence-corrected chi connectivity index (χ2v) is 7.03. The maximum atomic E-state index is 12.6. The average Bonchev–Trinajstić information content (AvgIpc) is 3.07. The molecule has 1 heterocycles. The molecule has 1 amide bonds. The molecule has 2 aromatic carbocycles. The highest BCUT2D eigenvalue weighted by atomic mass is 32.1. The van der Waals surface area contributed by atoms with E-state index in [9.17, 15) is 4.79 Å². The van der Waals surface area contributed by atoms with E-state index in [0.717, 1.165) is 45.7 Å². The van der Waals surface area contributed by atoms with Crippen LogP contribution < -0.4 is 5.32 Å². The van der Waals surface area contributed by atoms with Crippen LogP contribution in [0.4, 0.5) is 5.69 Å². The number of allylic oxidation sites excluding steroid dienone is 2. The lowest BCUT2D eigenvalue weighted by Gasteiger charge is -2.18. The van der Waals surface area contributed by atoms with Gasteiger partial charge in [0.05, 0.1) is 15.9 Å². The molecule has 1 aliphatic carbocycles. The molecule has 1 unspecified atom stereocenters. The van der Waals surface area contributed by atoms with Gasteiger partial charge in [-0.05, 0) is 43.5 Å². The molecule has 0 aliphatic heterocycles. The van der Waals surface area contributed by atoms with E-state index >= 15 is 0 Å². The summed E-state index contributed by atoms with van der Waals surface area (Å²) in [5, 5.41) is 4.06. The van der Waals surface area contributed by atoms with Crippen LogP contribution in [-0.4, -0.2) is 10.9 Å². The molecule has 3 nitrogen and oxygen atoms in total. The van der Waals surface area contributed by atoms with Crippen molar-refractivity contribution in [1.82, 2.24) is 4.98 Å². The summed E-state index contributed by atoms with van der Waals surface area (Å²) in [6.07, 6.45) is 6.99. The Kier molecular flexibility index (Phi) is 4.13. The molecular formula is C20H18N2OS. The number of nitrogens with zero attached hydrogens (tertiary/aromatic N) is 1. The SMILES string of the molecule is O=C(Nc1ccccc1-c1nc2ccccc2s1)C1CC=CCC1. The van der Waals surface area contributed by atoms with Crippen molar-refractivity contribution in [2.24, 2.45) is 5.92 Å². The summed E-state index contributed by atoms with van der Waals surface area (Å²) < 4.78 is 1.16. The molecule has 3 aromatic rings. The number of fused-ring (bicyclic) bond motifs is 1. The van der Waals surface area contributed by atoms with Gasteiger partial charge in [0.15, 0.2) is 0 Å². The number of carbonyl (C=O) groups is 1. The molecule has 0 saturated carbocycles. The number of anilines is 1. The highest BCUT2D eigenvalue weighted by molar-refractivity contribution is 7.21. The first kappa shape index (κ1) is 15.1. The zero-order valence-corrected chi connectivity index (χ0v) is 14.1. The average molecular weight is 334 g/mol. The Labute approximate surface area is 145 Å².